The molecule has 0 aliphatic heterocycles. The van der Waals surface area contributed by atoms with Gasteiger partial charge >= 0.3 is 0 Å². The molecule has 146 valence electrons. The van der Waals surface area contributed by atoms with Crippen molar-refractivity contribution in [2.24, 2.45) is 0 Å². The number of benzene rings is 3. The van der Waals surface area contributed by atoms with Crippen LogP contribution >= 0.6 is 0 Å². The lowest BCUT2D eigenvalue weighted by atomic mass is 10.1. The molecular weight excluding hydrogens is 376 g/mol. The molecule has 1 unspecified atom stereocenters. The van der Waals surface area contributed by atoms with Crippen LogP contribution in [0.4, 0.5) is 8.78 Å². The van der Waals surface area contributed by atoms with E-state index < -0.39 is 29.5 Å². The highest BCUT2D eigenvalue weighted by Crippen LogP contribution is 2.26. The third kappa shape index (κ3) is 3.42. The molecule has 1 aromatic heterocycles. The van der Waals surface area contributed by atoms with E-state index in [-0.39, 0.29) is 11.3 Å². The predicted molar refractivity (Wildman–Crippen MR) is 106 cm³/mol. The maximum absolute atomic E-state index is 13.6. The summed E-state index contributed by atoms with van der Waals surface area (Å²) in [7, 11) is 1.40. The molecule has 0 saturated carbocycles. The van der Waals surface area contributed by atoms with Gasteiger partial charge in [0.1, 0.15) is 11.7 Å². The van der Waals surface area contributed by atoms with Crippen LogP contribution < -0.4 is 10.6 Å². The molecule has 7 heteroatoms. The first-order valence-corrected chi connectivity index (χ1v) is 8.96. The number of nitrogens with one attached hydrogen (secondary N) is 3. The van der Waals surface area contributed by atoms with E-state index in [0.29, 0.717) is 0 Å². The summed E-state index contributed by atoms with van der Waals surface area (Å²) in [6, 6.07) is 15.2. The topological polar surface area (TPSA) is 74.0 Å². The first-order chi connectivity index (χ1) is 14.0. The maximum atomic E-state index is 13.6. The Kier molecular flexibility index (Phi) is 4.72. The van der Waals surface area contributed by atoms with Crippen molar-refractivity contribution in [1.82, 2.24) is 15.6 Å². The van der Waals surface area contributed by atoms with Crippen LogP contribution in [0.5, 0.6) is 0 Å². The Labute approximate surface area is 164 Å². The third-order valence-corrected chi connectivity index (χ3v) is 4.83. The Balaban J connectivity index is 1.69. The number of carbonyl (C=O) groups excluding carboxylic acids is 2. The summed E-state index contributed by atoms with van der Waals surface area (Å²) in [5.74, 6) is -3.21. The number of halogens is 2. The number of hydrogen-bond donors (Lipinski definition) is 3. The highest BCUT2D eigenvalue weighted by atomic mass is 19.2. The van der Waals surface area contributed by atoms with Crippen molar-refractivity contribution in [3.8, 4) is 0 Å². The summed E-state index contributed by atoms with van der Waals surface area (Å²) >= 11 is 0. The molecule has 3 aromatic carbocycles. The number of hydrogen-bond acceptors (Lipinski definition) is 2. The van der Waals surface area contributed by atoms with Crippen molar-refractivity contribution >= 4 is 33.5 Å². The number of rotatable bonds is 4. The maximum Gasteiger partial charge on any atom is 0.268 e. The molecule has 3 N–H and O–H groups in total. The number of carbonyl (C=O) groups is 2. The summed E-state index contributed by atoms with van der Waals surface area (Å²) in [6.07, 6.45) is 0. The van der Waals surface area contributed by atoms with Gasteiger partial charge in [-0.1, -0.05) is 36.4 Å². The van der Waals surface area contributed by atoms with Crippen LogP contribution in [0.15, 0.2) is 60.7 Å². The quantitative estimate of drug-likeness (QED) is 0.493. The third-order valence-electron chi connectivity index (χ3n) is 4.83. The molecule has 0 fully saturated rings. The molecule has 0 spiro atoms. The van der Waals surface area contributed by atoms with E-state index in [9.17, 15) is 18.4 Å². The van der Waals surface area contributed by atoms with Gasteiger partial charge in [0.2, 0.25) is 5.91 Å². The van der Waals surface area contributed by atoms with Gasteiger partial charge in [-0.15, -0.1) is 0 Å². The Bertz CT molecular complexity index is 1250. The fraction of sp³-hybridized carbons (Fsp3) is 0.0909. The lowest BCUT2D eigenvalue weighted by Crippen LogP contribution is -2.39. The highest BCUT2D eigenvalue weighted by molar-refractivity contribution is 6.10. The van der Waals surface area contributed by atoms with Gasteiger partial charge in [0.15, 0.2) is 11.6 Å². The van der Waals surface area contributed by atoms with Crippen molar-refractivity contribution in [2.45, 2.75) is 6.04 Å². The summed E-state index contributed by atoms with van der Waals surface area (Å²) in [4.78, 5) is 28.1. The molecule has 29 heavy (non-hydrogen) atoms. The second kappa shape index (κ2) is 7.35. The average molecular weight is 393 g/mol. The van der Waals surface area contributed by atoms with Crippen LogP contribution in [0.25, 0.3) is 21.7 Å². The second-order valence-corrected chi connectivity index (χ2v) is 6.63. The number of amides is 2. The molecule has 4 aromatic rings. The van der Waals surface area contributed by atoms with E-state index in [4.69, 9.17) is 0 Å². The van der Waals surface area contributed by atoms with E-state index in [2.05, 4.69) is 15.6 Å². The molecule has 0 saturated heterocycles. The van der Waals surface area contributed by atoms with Crippen LogP contribution in [-0.2, 0) is 4.79 Å². The number of aromatic amines is 1. The molecule has 0 aliphatic rings. The highest BCUT2D eigenvalue weighted by Gasteiger charge is 2.24. The Morgan fingerprint density at radius 1 is 0.931 bits per heavy atom. The van der Waals surface area contributed by atoms with Crippen LogP contribution in [0.1, 0.15) is 22.1 Å². The molecule has 0 bridgehead atoms. The summed E-state index contributed by atoms with van der Waals surface area (Å²) in [6.45, 7) is 0. The van der Waals surface area contributed by atoms with Gasteiger partial charge in [-0.2, -0.15) is 0 Å². The van der Waals surface area contributed by atoms with E-state index in [1.807, 2.05) is 36.4 Å². The van der Waals surface area contributed by atoms with Gasteiger partial charge in [0, 0.05) is 18.0 Å². The van der Waals surface area contributed by atoms with E-state index in [1.54, 1.807) is 6.07 Å². The molecule has 5 nitrogen and oxygen atoms in total. The van der Waals surface area contributed by atoms with Crippen molar-refractivity contribution in [3.63, 3.8) is 0 Å². The predicted octanol–water partition coefficient (Wildman–Crippen LogP) is 3.82. The minimum absolute atomic E-state index is 0.137. The zero-order valence-corrected chi connectivity index (χ0v) is 15.4. The van der Waals surface area contributed by atoms with Crippen LogP contribution in [0, 0.1) is 11.6 Å². The van der Waals surface area contributed by atoms with Gasteiger partial charge in [-0.25, -0.2) is 8.78 Å². The summed E-state index contributed by atoms with van der Waals surface area (Å²) in [5, 5.41) is 7.91. The van der Waals surface area contributed by atoms with Crippen LogP contribution in [-0.4, -0.2) is 23.8 Å². The molecule has 2 amide bonds. The molecular formula is C22H17F2N3O2. The Morgan fingerprint density at radius 2 is 1.72 bits per heavy atom. The smallest absolute Gasteiger partial charge is 0.268 e. The van der Waals surface area contributed by atoms with E-state index in [0.717, 1.165) is 33.8 Å². The van der Waals surface area contributed by atoms with E-state index in [1.165, 1.54) is 13.1 Å². The van der Waals surface area contributed by atoms with Crippen LogP contribution in [0.3, 0.4) is 0 Å². The standard InChI is InChI=1S/C22H17F2N3O2/c1-25-22(29)20(13-6-8-16(23)17(24)10-13)27-21(28)19-11-15-14-5-3-2-4-12(14)7-9-18(15)26-19/h2-11,20,26H,1H3,(H,25,29)(H,27,28). The van der Waals surface area contributed by atoms with Crippen molar-refractivity contribution in [1.29, 1.82) is 0 Å². The van der Waals surface area contributed by atoms with E-state index >= 15 is 0 Å². The fourth-order valence-electron chi connectivity index (χ4n) is 3.35. The van der Waals surface area contributed by atoms with Gasteiger partial charge in [0.25, 0.3) is 5.91 Å². The molecule has 1 atom stereocenters. The van der Waals surface area contributed by atoms with Crippen molar-refractivity contribution in [3.05, 3.63) is 83.6 Å². The van der Waals surface area contributed by atoms with Crippen LogP contribution in [0.2, 0.25) is 0 Å². The second-order valence-electron chi connectivity index (χ2n) is 6.63. The van der Waals surface area contributed by atoms with Gasteiger partial charge in [-0.3, -0.25) is 9.59 Å². The first-order valence-electron chi connectivity index (χ1n) is 8.96. The fourth-order valence-corrected chi connectivity index (χ4v) is 3.35. The lowest BCUT2D eigenvalue weighted by Gasteiger charge is -2.17. The average Bonchev–Trinajstić information content (AvgIpc) is 3.18. The Hall–Kier alpha value is -3.74. The monoisotopic (exact) mass is 393 g/mol. The normalized spacial score (nSPS) is 12.1. The zero-order chi connectivity index (χ0) is 20.5. The number of H-pyrrole nitrogens is 1. The summed E-state index contributed by atoms with van der Waals surface area (Å²) in [5.41, 5.74) is 1.17. The first kappa shape index (κ1) is 18.6. The summed E-state index contributed by atoms with van der Waals surface area (Å²) < 4.78 is 26.9. The van der Waals surface area contributed by atoms with Gasteiger partial charge < -0.3 is 15.6 Å². The molecule has 4 rings (SSSR count). The SMILES string of the molecule is CNC(=O)C(NC(=O)c1cc2c(ccc3ccccc32)[nH]1)c1ccc(F)c(F)c1. The number of aromatic nitrogens is 1. The molecule has 0 aliphatic carbocycles. The molecule has 1 heterocycles. The number of likely N-dealkylation sites (N-methyl/N-ethyl adjacent to an activating group) is 1. The lowest BCUT2D eigenvalue weighted by molar-refractivity contribution is -0.122. The minimum Gasteiger partial charge on any atom is -0.357 e. The van der Waals surface area contributed by atoms with Gasteiger partial charge in [0.05, 0.1) is 0 Å². The van der Waals surface area contributed by atoms with Crippen molar-refractivity contribution in [2.75, 3.05) is 7.05 Å². The van der Waals surface area contributed by atoms with Gasteiger partial charge in [-0.05, 0) is 40.6 Å². The number of fused-ring (bicyclic) bond motifs is 3. The minimum atomic E-state index is -1.18. The van der Waals surface area contributed by atoms with Crippen molar-refractivity contribution < 1.29 is 18.4 Å². The largest absolute Gasteiger partial charge is 0.357 e. The zero-order valence-electron chi connectivity index (χ0n) is 15.4. The molecule has 0 radical (unpaired) electrons. The Morgan fingerprint density at radius 3 is 2.48 bits per heavy atom.